The summed E-state index contributed by atoms with van der Waals surface area (Å²) in [7, 11) is 1.82. The zero-order chi connectivity index (χ0) is 19.3. The number of ether oxygens (including phenoxy) is 1. The molecule has 0 bridgehead atoms. The first-order valence-electron chi connectivity index (χ1n) is 9.47. The number of benzene rings is 2. The van der Waals surface area contributed by atoms with Crippen molar-refractivity contribution < 1.29 is 9.53 Å². The minimum atomic E-state index is -0.0568. The van der Waals surface area contributed by atoms with E-state index in [9.17, 15) is 4.79 Å². The summed E-state index contributed by atoms with van der Waals surface area (Å²) in [4.78, 5) is 21.2. The molecule has 0 aliphatic carbocycles. The molecule has 1 aliphatic rings. The Morgan fingerprint density at radius 1 is 1.04 bits per heavy atom. The van der Waals surface area contributed by atoms with Gasteiger partial charge in [-0.15, -0.1) is 0 Å². The zero-order valence-corrected chi connectivity index (χ0v) is 16.0. The van der Waals surface area contributed by atoms with Crippen LogP contribution in [0.4, 0.5) is 5.69 Å². The lowest BCUT2D eigenvalue weighted by Crippen LogP contribution is -2.36. The Kier molecular flexibility index (Phi) is 5.39. The molecule has 144 valence electrons. The fraction of sp³-hybridized carbons (Fsp3) is 0.273. The van der Waals surface area contributed by atoms with Crippen molar-refractivity contribution in [3.8, 4) is 5.69 Å². The molecule has 1 aliphatic heterocycles. The molecule has 0 atom stereocenters. The molecular formula is C22H24N4O2. The number of anilines is 1. The summed E-state index contributed by atoms with van der Waals surface area (Å²) >= 11 is 0. The third kappa shape index (κ3) is 3.92. The molecule has 1 aromatic heterocycles. The quantitative estimate of drug-likeness (QED) is 0.687. The van der Waals surface area contributed by atoms with Crippen LogP contribution in [0, 0.1) is 0 Å². The van der Waals surface area contributed by atoms with Crippen molar-refractivity contribution in [2.24, 2.45) is 0 Å². The highest BCUT2D eigenvalue weighted by Gasteiger charge is 2.18. The van der Waals surface area contributed by atoms with Crippen LogP contribution in [-0.4, -0.2) is 53.7 Å². The summed E-state index contributed by atoms with van der Waals surface area (Å²) in [6, 6.07) is 18.2. The monoisotopic (exact) mass is 376 g/mol. The second kappa shape index (κ2) is 8.27. The van der Waals surface area contributed by atoms with Gasteiger partial charge in [-0.05, 0) is 29.8 Å². The Hall–Kier alpha value is -3.12. The van der Waals surface area contributed by atoms with Crippen molar-refractivity contribution in [2.45, 2.75) is 6.54 Å². The maximum absolute atomic E-state index is 13.0. The van der Waals surface area contributed by atoms with Gasteiger partial charge in [0.2, 0.25) is 0 Å². The molecule has 0 N–H and O–H groups in total. The first-order chi connectivity index (χ1) is 13.7. The number of carbonyl (C=O) groups is 1. The highest BCUT2D eigenvalue weighted by atomic mass is 16.5. The largest absolute Gasteiger partial charge is 0.378 e. The predicted octanol–water partition coefficient (Wildman–Crippen LogP) is 2.98. The van der Waals surface area contributed by atoms with E-state index in [1.54, 1.807) is 17.4 Å². The molecule has 28 heavy (non-hydrogen) atoms. The average Bonchev–Trinajstić information content (AvgIpc) is 3.25. The maximum atomic E-state index is 13.0. The Labute approximate surface area is 165 Å². The third-order valence-corrected chi connectivity index (χ3v) is 4.97. The van der Waals surface area contributed by atoms with Crippen LogP contribution in [0.1, 0.15) is 16.1 Å². The van der Waals surface area contributed by atoms with E-state index in [1.807, 2.05) is 41.9 Å². The lowest BCUT2D eigenvalue weighted by atomic mass is 10.1. The van der Waals surface area contributed by atoms with Crippen molar-refractivity contribution >= 4 is 11.6 Å². The standard InChI is InChI=1S/C22H24N4O2/c1-24(16-18-7-9-19(10-8-18)25-11-13-28-14-12-25)22(27)21-15-23-17-26(21)20-5-3-2-4-6-20/h2-10,15,17H,11-14,16H2,1H3. The molecule has 0 unspecified atom stereocenters. The summed E-state index contributed by atoms with van der Waals surface area (Å²) in [5, 5.41) is 0. The summed E-state index contributed by atoms with van der Waals surface area (Å²) in [5.74, 6) is -0.0568. The number of nitrogens with zero attached hydrogens (tertiary/aromatic N) is 4. The van der Waals surface area contributed by atoms with Crippen LogP contribution in [0.5, 0.6) is 0 Å². The van der Waals surface area contributed by atoms with Crippen LogP contribution in [0.3, 0.4) is 0 Å². The summed E-state index contributed by atoms with van der Waals surface area (Å²) in [6.45, 7) is 3.92. The van der Waals surface area contributed by atoms with Crippen LogP contribution < -0.4 is 4.90 Å². The lowest BCUT2D eigenvalue weighted by Gasteiger charge is -2.29. The van der Waals surface area contributed by atoms with E-state index < -0.39 is 0 Å². The zero-order valence-electron chi connectivity index (χ0n) is 16.0. The van der Waals surface area contributed by atoms with Crippen LogP contribution >= 0.6 is 0 Å². The SMILES string of the molecule is CN(Cc1ccc(N2CCOCC2)cc1)C(=O)c1cncn1-c1ccccc1. The fourth-order valence-corrected chi connectivity index (χ4v) is 3.42. The Bertz CT molecular complexity index is 915. The van der Waals surface area contributed by atoms with Crippen molar-refractivity contribution in [3.05, 3.63) is 78.4 Å². The number of imidazole rings is 1. The number of rotatable bonds is 5. The number of morpholine rings is 1. The summed E-state index contributed by atoms with van der Waals surface area (Å²) in [6.07, 6.45) is 3.29. The van der Waals surface area contributed by atoms with Gasteiger partial charge in [0.05, 0.1) is 25.7 Å². The lowest BCUT2D eigenvalue weighted by molar-refractivity contribution is 0.0777. The molecule has 1 saturated heterocycles. The number of carbonyl (C=O) groups excluding carboxylic acids is 1. The topological polar surface area (TPSA) is 50.6 Å². The average molecular weight is 376 g/mol. The van der Waals surface area contributed by atoms with Gasteiger partial charge in [-0.25, -0.2) is 4.98 Å². The molecule has 1 amide bonds. The van der Waals surface area contributed by atoms with E-state index in [-0.39, 0.29) is 5.91 Å². The molecule has 3 aromatic rings. The maximum Gasteiger partial charge on any atom is 0.272 e. The number of amides is 1. The van der Waals surface area contributed by atoms with Gasteiger partial charge in [0, 0.05) is 38.1 Å². The van der Waals surface area contributed by atoms with Crippen molar-refractivity contribution in [1.82, 2.24) is 14.5 Å². The normalized spacial score (nSPS) is 14.1. The molecule has 0 radical (unpaired) electrons. The predicted molar refractivity (Wildman–Crippen MR) is 109 cm³/mol. The molecule has 2 heterocycles. The van der Waals surface area contributed by atoms with Gasteiger partial charge >= 0.3 is 0 Å². The molecule has 6 heteroatoms. The van der Waals surface area contributed by atoms with Gasteiger partial charge in [0.1, 0.15) is 5.69 Å². The molecule has 6 nitrogen and oxygen atoms in total. The second-order valence-electron chi connectivity index (χ2n) is 6.91. The van der Waals surface area contributed by atoms with Crippen LogP contribution in [0.15, 0.2) is 67.1 Å². The highest BCUT2D eigenvalue weighted by molar-refractivity contribution is 5.92. The van der Waals surface area contributed by atoms with E-state index in [2.05, 4.69) is 34.1 Å². The summed E-state index contributed by atoms with van der Waals surface area (Å²) < 4.78 is 7.23. The van der Waals surface area contributed by atoms with Crippen molar-refractivity contribution in [1.29, 1.82) is 0 Å². The first kappa shape index (κ1) is 18.3. The first-order valence-corrected chi connectivity index (χ1v) is 9.47. The minimum Gasteiger partial charge on any atom is -0.378 e. The van der Waals surface area contributed by atoms with Gasteiger partial charge in [-0.1, -0.05) is 30.3 Å². The van der Waals surface area contributed by atoms with Gasteiger partial charge < -0.3 is 14.5 Å². The Balaban J connectivity index is 1.45. The van der Waals surface area contributed by atoms with Crippen molar-refractivity contribution in [3.63, 3.8) is 0 Å². The minimum absolute atomic E-state index is 0.0568. The smallest absolute Gasteiger partial charge is 0.272 e. The fourth-order valence-electron chi connectivity index (χ4n) is 3.42. The molecule has 4 rings (SSSR count). The Morgan fingerprint density at radius 2 is 1.75 bits per heavy atom. The molecular weight excluding hydrogens is 352 g/mol. The van der Waals surface area contributed by atoms with Gasteiger partial charge in [-0.2, -0.15) is 0 Å². The van der Waals surface area contributed by atoms with E-state index in [0.29, 0.717) is 12.2 Å². The molecule has 0 saturated carbocycles. The van der Waals surface area contributed by atoms with E-state index in [4.69, 9.17) is 4.74 Å². The summed E-state index contributed by atoms with van der Waals surface area (Å²) in [5.41, 5.74) is 3.77. The van der Waals surface area contributed by atoms with E-state index >= 15 is 0 Å². The number of hydrogen-bond acceptors (Lipinski definition) is 4. The molecule has 0 spiro atoms. The van der Waals surface area contributed by atoms with Gasteiger partial charge in [0.25, 0.3) is 5.91 Å². The van der Waals surface area contributed by atoms with Crippen molar-refractivity contribution in [2.75, 3.05) is 38.3 Å². The van der Waals surface area contributed by atoms with Crippen LogP contribution in [-0.2, 0) is 11.3 Å². The van der Waals surface area contributed by atoms with Gasteiger partial charge in [0.15, 0.2) is 0 Å². The van der Waals surface area contributed by atoms with Crippen LogP contribution in [0.25, 0.3) is 5.69 Å². The molecule has 2 aromatic carbocycles. The highest BCUT2D eigenvalue weighted by Crippen LogP contribution is 2.18. The van der Waals surface area contributed by atoms with E-state index in [1.165, 1.54) is 5.69 Å². The molecule has 1 fully saturated rings. The number of hydrogen-bond donors (Lipinski definition) is 0. The third-order valence-electron chi connectivity index (χ3n) is 4.97. The van der Waals surface area contributed by atoms with Gasteiger partial charge in [-0.3, -0.25) is 9.36 Å². The van der Waals surface area contributed by atoms with Crippen LogP contribution in [0.2, 0.25) is 0 Å². The van der Waals surface area contributed by atoms with E-state index in [0.717, 1.165) is 37.6 Å². The number of aromatic nitrogens is 2. The number of para-hydroxylation sites is 1. The second-order valence-corrected chi connectivity index (χ2v) is 6.91. The Morgan fingerprint density at radius 3 is 2.46 bits per heavy atom.